The Hall–Kier alpha value is -2.13. The molecule has 0 N–H and O–H groups in total. The lowest BCUT2D eigenvalue weighted by molar-refractivity contribution is 0.0734. The fourth-order valence-electron chi connectivity index (χ4n) is 1.51. The number of hydrogen-bond acceptors (Lipinski definition) is 3. The first-order valence-corrected chi connectivity index (χ1v) is 6.03. The monoisotopic (exact) mass is 274 g/mol. The van der Waals surface area contributed by atoms with Gasteiger partial charge in [-0.25, -0.2) is 4.79 Å². The molecule has 0 amide bonds. The maximum Gasteiger partial charge on any atom is 0.343 e. The highest BCUT2D eigenvalue weighted by Gasteiger charge is 2.08. The first kappa shape index (κ1) is 13.3. The Morgan fingerprint density at radius 1 is 0.895 bits per heavy atom. The number of benzene rings is 2. The number of esters is 1. The molecule has 0 saturated heterocycles. The Morgan fingerprint density at radius 2 is 1.42 bits per heavy atom. The molecule has 4 heteroatoms. The number of ether oxygens (including phenoxy) is 1. The van der Waals surface area contributed by atoms with Crippen molar-refractivity contribution in [2.45, 2.75) is 6.92 Å². The molecule has 0 saturated carbocycles. The van der Waals surface area contributed by atoms with Crippen LogP contribution in [0.4, 0.5) is 0 Å². The highest BCUT2D eigenvalue weighted by atomic mass is 35.5. The van der Waals surface area contributed by atoms with Gasteiger partial charge in [0, 0.05) is 10.6 Å². The molecule has 2 aromatic rings. The van der Waals surface area contributed by atoms with Gasteiger partial charge in [-0.2, -0.15) is 0 Å². The van der Waals surface area contributed by atoms with E-state index in [0.29, 0.717) is 21.9 Å². The zero-order chi connectivity index (χ0) is 13.8. The number of carbonyl (C=O) groups is 2. The Labute approximate surface area is 115 Å². The van der Waals surface area contributed by atoms with E-state index in [1.54, 1.807) is 48.5 Å². The second-order valence-electron chi connectivity index (χ2n) is 3.98. The minimum absolute atomic E-state index is 0.0319. The van der Waals surface area contributed by atoms with Gasteiger partial charge in [-0.1, -0.05) is 11.6 Å². The van der Waals surface area contributed by atoms with Crippen LogP contribution in [0.5, 0.6) is 5.75 Å². The minimum atomic E-state index is -0.466. The van der Waals surface area contributed by atoms with Crippen LogP contribution >= 0.6 is 11.6 Å². The lowest BCUT2D eigenvalue weighted by atomic mass is 10.1. The number of hydrogen-bond donors (Lipinski definition) is 0. The van der Waals surface area contributed by atoms with Crippen molar-refractivity contribution in [2.75, 3.05) is 0 Å². The Kier molecular flexibility index (Phi) is 3.97. The van der Waals surface area contributed by atoms with Crippen molar-refractivity contribution in [1.82, 2.24) is 0 Å². The van der Waals surface area contributed by atoms with E-state index in [2.05, 4.69) is 0 Å². The van der Waals surface area contributed by atoms with Crippen LogP contribution in [-0.4, -0.2) is 11.8 Å². The predicted molar refractivity (Wildman–Crippen MR) is 72.9 cm³/mol. The Morgan fingerprint density at radius 3 is 1.95 bits per heavy atom. The molecule has 2 aromatic carbocycles. The predicted octanol–water partition coefficient (Wildman–Crippen LogP) is 3.76. The molecule has 0 aliphatic rings. The fraction of sp³-hybridized carbons (Fsp3) is 0.0667. The summed E-state index contributed by atoms with van der Waals surface area (Å²) in [5.74, 6) is -0.104. The normalized spacial score (nSPS) is 10.0. The molecular formula is C15H11ClO3. The molecule has 0 fully saturated rings. The number of Topliss-reactive ketones (excluding diaryl/α,β-unsaturated/α-hetero) is 1. The molecule has 0 aromatic heterocycles. The van der Waals surface area contributed by atoms with Gasteiger partial charge in [0.25, 0.3) is 0 Å². The van der Waals surface area contributed by atoms with E-state index in [1.807, 2.05) is 0 Å². The van der Waals surface area contributed by atoms with Gasteiger partial charge >= 0.3 is 5.97 Å². The number of rotatable bonds is 3. The van der Waals surface area contributed by atoms with Crippen LogP contribution in [0.25, 0.3) is 0 Å². The Bertz CT molecular complexity index is 600. The van der Waals surface area contributed by atoms with Crippen LogP contribution in [-0.2, 0) is 0 Å². The van der Waals surface area contributed by atoms with Gasteiger partial charge in [-0.15, -0.1) is 0 Å². The average Bonchev–Trinajstić information content (AvgIpc) is 2.40. The van der Waals surface area contributed by atoms with Crippen molar-refractivity contribution in [3.63, 3.8) is 0 Å². The molecule has 96 valence electrons. The van der Waals surface area contributed by atoms with Crippen LogP contribution in [0, 0.1) is 0 Å². The minimum Gasteiger partial charge on any atom is -0.423 e. The highest BCUT2D eigenvalue weighted by Crippen LogP contribution is 2.16. The fourth-order valence-corrected chi connectivity index (χ4v) is 1.64. The molecule has 2 rings (SSSR count). The van der Waals surface area contributed by atoms with Crippen LogP contribution < -0.4 is 4.74 Å². The zero-order valence-electron chi connectivity index (χ0n) is 10.2. The summed E-state index contributed by atoms with van der Waals surface area (Å²) in [6.07, 6.45) is 0. The van der Waals surface area contributed by atoms with Crippen LogP contribution in [0.1, 0.15) is 27.6 Å². The topological polar surface area (TPSA) is 43.4 Å². The third kappa shape index (κ3) is 3.42. The van der Waals surface area contributed by atoms with E-state index in [-0.39, 0.29) is 5.78 Å². The lowest BCUT2D eigenvalue weighted by Gasteiger charge is -2.04. The molecule has 0 radical (unpaired) electrons. The summed E-state index contributed by atoms with van der Waals surface area (Å²) < 4.78 is 5.18. The van der Waals surface area contributed by atoms with Crippen molar-refractivity contribution in [3.8, 4) is 5.75 Å². The van der Waals surface area contributed by atoms with Crippen LogP contribution in [0.15, 0.2) is 48.5 Å². The summed E-state index contributed by atoms with van der Waals surface area (Å²) in [4.78, 5) is 22.9. The smallest absolute Gasteiger partial charge is 0.343 e. The van der Waals surface area contributed by atoms with Gasteiger partial charge in [0.2, 0.25) is 0 Å². The zero-order valence-corrected chi connectivity index (χ0v) is 11.0. The molecule has 0 unspecified atom stereocenters. The van der Waals surface area contributed by atoms with Crippen molar-refractivity contribution in [3.05, 3.63) is 64.7 Å². The third-order valence-electron chi connectivity index (χ3n) is 2.55. The van der Waals surface area contributed by atoms with Gasteiger partial charge in [-0.3, -0.25) is 4.79 Å². The van der Waals surface area contributed by atoms with Crippen LogP contribution in [0.3, 0.4) is 0 Å². The van der Waals surface area contributed by atoms with E-state index in [1.165, 1.54) is 6.92 Å². The summed E-state index contributed by atoms with van der Waals surface area (Å²) in [5.41, 5.74) is 0.992. The van der Waals surface area contributed by atoms with Gasteiger partial charge in [0.15, 0.2) is 5.78 Å². The van der Waals surface area contributed by atoms with Gasteiger partial charge in [-0.05, 0) is 55.5 Å². The molecule has 3 nitrogen and oxygen atoms in total. The first-order valence-electron chi connectivity index (χ1n) is 5.65. The maximum absolute atomic E-state index is 11.8. The van der Waals surface area contributed by atoms with Gasteiger partial charge in [0.1, 0.15) is 5.75 Å². The molecule has 0 aliphatic carbocycles. The lowest BCUT2D eigenvalue weighted by Crippen LogP contribution is -2.08. The van der Waals surface area contributed by atoms with Crippen molar-refractivity contribution in [2.24, 2.45) is 0 Å². The molecule has 19 heavy (non-hydrogen) atoms. The SMILES string of the molecule is CC(=O)c1ccc(OC(=O)c2ccc(Cl)cc2)cc1. The van der Waals surface area contributed by atoms with E-state index >= 15 is 0 Å². The molecule has 0 aliphatic heterocycles. The second kappa shape index (κ2) is 5.67. The molecule has 0 spiro atoms. The van der Waals surface area contributed by atoms with E-state index < -0.39 is 5.97 Å². The summed E-state index contributed by atoms with van der Waals surface area (Å²) >= 11 is 5.74. The van der Waals surface area contributed by atoms with E-state index in [4.69, 9.17) is 16.3 Å². The Balaban J connectivity index is 2.10. The molecule has 0 heterocycles. The average molecular weight is 275 g/mol. The molecule has 0 bridgehead atoms. The molecule has 0 atom stereocenters. The second-order valence-corrected chi connectivity index (χ2v) is 4.41. The summed E-state index contributed by atoms with van der Waals surface area (Å²) in [7, 11) is 0. The van der Waals surface area contributed by atoms with Crippen molar-refractivity contribution < 1.29 is 14.3 Å². The highest BCUT2D eigenvalue weighted by molar-refractivity contribution is 6.30. The number of halogens is 1. The van der Waals surface area contributed by atoms with Gasteiger partial charge < -0.3 is 4.74 Å². The van der Waals surface area contributed by atoms with Gasteiger partial charge in [0.05, 0.1) is 5.56 Å². The number of ketones is 1. The summed E-state index contributed by atoms with van der Waals surface area (Å²) in [6, 6.07) is 12.8. The quantitative estimate of drug-likeness (QED) is 0.486. The molecular weight excluding hydrogens is 264 g/mol. The number of carbonyl (C=O) groups excluding carboxylic acids is 2. The van der Waals surface area contributed by atoms with E-state index in [9.17, 15) is 9.59 Å². The third-order valence-corrected chi connectivity index (χ3v) is 2.80. The largest absolute Gasteiger partial charge is 0.423 e. The van der Waals surface area contributed by atoms with Crippen molar-refractivity contribution >= 4 is 23.4 Å². The summed E-state index contributed by atoms with van der Waals surface area (Å²) in [6.45, 7) is 1.48. The maximum atomic E-state index is 11.8. The van der Waals surface area contributed by atoms with Crippen molar-refractivity contribution in [1.29, 1.82) is 0 Å². The first-order chi connectivity index (χ1) is 9.06. The van der Waals surface area contributed by atoms with Crippen LogP contribution in [0.2, 0.25) is 5.02 Å². The van der Waals surface area contributed by atoms with E-state index in [0.717, 1.165) is 0 Å². The standard InChI is InChI=1S/C15H11ClO3/c1-10(17)11-4-8-14(9-5-11)19-15(18)12-2-6-13(16)7-3-12/h2-9H,1H3. The summed E-state index contributed by atoms with van der Waals surface area (Å²) in [5, 5.41) is 0.558.